The van der Waals surface area contributed by atoms with Gasteiger partial charge < -0.3 is 10.6 Å². The molecule has 0 aromatic heterocycles. The number of hydrogen-bond donors (Lipinski definition) is 1. The van der Waals surface area contributed by atoms with E-state index >= 15 is 0 Å². The van der Waals surface area contributed by atoms with Gasteiger partial charge in [0, 0.05) is 11.7 Å². The number of hydrogen-bond acceptors (Lipinski definition) is 2. The van der Waals surface area contributed by atoms with Gasteiger partial charge in [-0.1, -0.05) is 30.9 Å². The normalized spacial score (nSPS) is 19.0. The molecular formula is C15H20N2. The molecule has 0 bridgehead atoms. The third-order valence-corrected chi connectivity index (χ3v) is 3.21. The number of nitrogen functional groups attached to an aromatic ring is 1. The molecule has 0 heterocycles. The minimum atomic E-state index is 0.488. The summed E-state index contributed by atoms with van der Waals surface area (Å²) in [6.07, 6.45) is 7.88. The maximum Gasteiger partial charge on any atom is 0.0644 e. The third-order valence-electron chi connectivity index (χ3n) is 3.21. The van der Waals surface area contributed by atoms with E-state index in [1.54, 1.807) is 0 Å². The Morgan fingerprint density at radius 3 is 2.71 bits per heavy atom. The Bertz CT molecular complexity index is 434. The van der Waals surface area contributed by atoms with Crippen LogP contribution in [0.25, 0.3) is 0 Å². The van der Waals surface area contributed by atoms with Crippen molar-refractivity contribution >= 4 is 11.4 Å². The van der Waals surface area contributed by atoms with Crippen LogP contribution >= 0.6 is 0 Å². The van der Waals surface area contributed by atoms with Gasteiger partial charge in [0.15, 0.2) is 0 Å². The largest absolute Gasteiger partial charge is 0.397 e. The van der Waals surface area contributed by atoms with Crippen LogP contribution in [-0.4, -0.2) is 6.04 Å². The molecule has 90 valence electrons. The Morgan fingerprint density at radius 1 is 1.35 bits per heavy atom. The monoisotopic (exact) mass is 228 g/mol. The fourth-order valence-electron chi connectivity index (χ4n) is 2.43. The van der Waals surface area contributed by atoms with E-state index in [0.717, 1.165) is 36.3 Å². The summed E-state index contributed by atoms with van der Waals surface area (Å²) in [7, 11) is 0. The SMILES string of the molecule is C=C(C)N(c1ccccc1N)C1CC=CCC1. The molecule has 1 aliphatic rings. The van der Waals surface area contributed by atoms with Gasteiger partial charge in [-0.05, 0) is 38.3 Å². The summed E-state index contributed by atoms with van der Waals surface area (Å²) < 4.78 is 0. The van der Waals surface area contributed by atoms with E-state index in [1.165, 1.54) is 0 Å². The molecule has 17 heavy (non-hydrogen) atoms. The van der Waals surface area contributed by atoms with Gasteiger partial charge in [0.1, 0.15) is 0 Å². The van der Waals surface area contributed by atoms with Crippen LogP contribution in [0.15, 0.2) is 48.7 Å². The standard InChI is InChI=1S/C15H20N2/c1-12(2)17(13-8-4-3-5-9-13)15-11-7-6-10-14(15)16/h3-4,6-7,10-11,13H,1,5,8-9,16H2,2H3. The predicted molar refractivity (Wildman–Crippen MR) is 74.9 cm³/mol. The van der Waals surface area contributed by atoms with E-state index in [1.807, 2.05) is 25.1 Å². The fraction of sp³-hybridized carbons (Fsp3) is 0.333. The summed E-state index contributed by atoms with van der Waals surface area (Å²) in [4.78, 5) is 2.28. The molecule has 1 unspecified atom stereocenters. The number of rotatable bonds is 3. The molecule has 1 atom stereocenters. The lowest BCUT2D eigenvalue weighted by Crippen LogP contribution is -2.34. The first-order valence-corrected chi connectivity index (χ1v) is 6.14. The zero-order valence-electron chi connectivity index (χ0n) is 10.4. The Labute approximate surface area is 103 Å². The molecule has 2 rings (SSSR count). The first-order valence-electron chi connectivity index (χ1n) is 6.14. The van der Waals surface area contributed by atoms with Crippen molar-refractivity contribution in [3.8, 4) is 0 Å². The second-order valence-electron chi connectivity index (χ2n) is 4.60. The first-order chi connectivity index (χ1) is 8.20. The average molecular weight is 228 g/mol. The van der Waals surface area contributed by atoms with Gasteiger partial charge >= 0.3 is 0 Å². The van der Waals surface area contributed by atoms with Gasteiger partial charge in [0.2, 0.25) is 0 Å². The van der Waals surface area contributed by atoms with Crippen molar-refractivity contribution in [1.29, 1.82) is 0 Å². The van der Waals surface area contributed by atoms with Crippen LogP contribution < -0.4 is 10.6 Å². The molecule has 0 radical (unpaired) electrons. The smallest absolute Gasteiger partial charge is 0.0644 e. The predicted octanol–water partition coefficient (Wildman–Crippen LogP) is 3.72. The third kappa shape index (κ3) is 2.52. The van der Waals surface area contributed by atoms with Gasteiger partial charge in [-0.15, -0.1) is 0 Å². The maximum absolute atomic E-state index is 6.07. The topological polar surface area (TPSA) is 29.3 Å². The molecule has 0 amide bonds. The van der Waals surface area contributed by atoms with Crippen LogP contribution in [0.4, 0.5) is 11.4 Å². The highest BCUT2D eigenvalue weighted by molar-refractivity contribution is 5.70. The number of nitrogens with zero attached hydrogens (tertiary/aromatic N) is 1. The van der Waals surface area contributed by atoms with Gasteiger partial charge in [0.05, 0.1) is 11.4 Å². The Morgan fingerprint density at radius 2 is 2.12 bits per heavy atom. The summed E-state index contributed by atoms with van der Waals surface area (Å²) >= 11 is 0. The molecule has 1 aliphatic carbocycles. The van der Waals surface area contributed by atoms with Gasteiger partial charge in [-0.2, -0.15) is 0 Å². The molecule has 2 heteroatoms. The Hall–Kier alpha value is -1.70. The molecule has 0 saturated heterocycles. The number of nitrogens with two attached hydrogens (primary N) is 1. The zero-order valence-corrected chi connectivity index (χ0v) is 10.4. The summed E-state index contributed by atoms with van der Waals surface area (Å²) in [6, 6.07) is 8.50. The lowest BCUT2D eigenvalue weighted by atomic mass is 9.99. The highest BCUT2D eigenvalue weighted by Gasteiger charge is 2.21. The highest BCUT2D eigenvalue weighted by Crippen LogP contribution is 2.31. The van der Waals surface area contributed by atoms with Crippen molar-refractivity contribution in [2.24, 2.45) is 0 Å². The summed E-state index contributed by atoms with van der Waals surface area (Å²) in [6.45, 7) is 6.14. The van der Waals surface area contributed by atoms with Crippen molar-refractivity contribution < 1.29 is 0 Å². The summed E-state index contributed by atoms with van der Waals surface area (Å²) in [5.74, 6) is 0. The van der Waals surface area contributed by atoms with Crippen molar-refractivity contribution in [3.63, 3.8) is 0 Å². The quantitative estimate of drug-likeness (QED) is 0.631. The Balaban J connectivity index is 2.32. The van der Waals surface area contributed by atoms with E-state index in [9.17, 15) is 0 Å². The van der Waals surface area contributed by atoms with Gasteiger partial charge in [0.25, 0.3) is 0 Å². The maximum atomic E-state index is 6.07. The van der Waals surface area contributed by atoms with Crippen LogP contribution in [0, 0.1) is 0 Å². The molecule has 2 nitrogen and oxygen atoms in total. The molecule has 1 aromatic carbocycles. The number of anilines is 2. The molecule has 0 spiro atoms. The molecule has 0 aliphatic heterocycles. The average Bonchev–Trinajstić information content (AvgIpc) is 2.33. The summed E-state index contributed by atoms with van der Waals surface area (Å²) in [5.41, 5.74) is 9.03. The fourth-order valence-corrected chi connectivity index (χ4v) is 2.43. The van der Waals surface area contributed by atoms with Crippen LogP contribution in [0.1, 0.15) is 26.2 Å². The highest BCUT2D eigenvalue weighted by atomic mass is 15.2. The van der Waals surface area contributed by atoms with E-state index in [-0.39, 0.29) is 0 Å². The van der Waals surface area contributed by atoms with Gasteiger partial charge in [-0.3, -0.25) is 0 Å². The van der Waals surface area contributed by atoms with Crippen molar-refractivity contribution in [2.75, 3.05) is 10.6 Å². The number of para-hydroxylation sites is 2. The second kappa shape index (κ2) is 5.09. The van der Waals surface area contributed by atoms with Crippen LogP contribution in [0.2, 0.25) is 0 Å². The molecule has 2 N–H and O–H groups in total. The summed E-state index contributed by atoms with van der Waals surface area (Å²) in [5, 5.41) is 0. The van der Waals surface area contributed by atoms with Crippen molar-refractivity contribution in [2.45, 2.75) is 32.2 Å². The van der Waals surface area contributed by atoms with Crippen LogP contribution in [0.5, 0.6) is 0 Å². The Kier molecular flexibility index (Phi) is 3.52. The van der Waals surface area contributed by atoms with Crippen molar-refractivity contribution in [1.82, 2.24) is 0 Å². The minimum Gasteiger partial charge on any atom is -0.397 e. The van der Waals surface area contributed by atoms with Crippen molar-refractivity contribution in [3.05, 3.63) is 48.7 Å². The van der Waals surface area contributed by atoms with E-state index in [2.05, 4.69) is 29.7 Å². The molecular weight excluding hydrogens is 208 g/mol. The zero-order chi connectivity index (χ0) is 12.3. The minimum absolute atomic E-state index is 0.488. The van der Waals surface area contributed by atoms with E-state index in [0.29, 0.717) is 6.04 Å². The number of allylic oxidation sites excluding steroid dienone is 2. The number of benzene rings is 1. The van der Waals surface area contributed by atoms with Crippen LogP contribution in [-0.2, 0) is 0 Å². The van der Waals surface area contributed by atoms with E-state index in [4.69, 9.17) is 5.73 Å². The molecule has 0 fully saturated rings. The first kappa shape index (κ1) is 11.8. The lowest BCUT2D eigenvalue weighted by Gasteiger charge is -2.35. The van der Waals surface area contributed by atoms with Crippen LogP contribution in [0.3, 0.4) is 0 Å². The molecule has 0 saturated carbocycles. The lowest BCUT2D eigenvalue weighted by molar-refractivity contribution is 0.576. The van der Waals surface area contributed by atoms with E-state index < -0.39 is 0 Å². The molecule has 1 aromatic rings. The second-order valence-corrected chi connectivity index (χ2v) is 4.60. The van der Waals surface area contributed by atoms with Gasteiger partial charge in [-0.25, -0.2) is 0 Å².